The molecular formula is C36H45Cl2I2N2O9+. The number of β-amino-alcohol motifs (C(OH)–C–C–N with tert-alkyl or cyclic N) is 1. The Morgan fingerprint density at radius 2 is 1.53 bits per heavy atom. The molecule has 2 saturated heterocycles. The van der Waals surface area contributed by atoms with E-state index >= 15 is 0 Å². The number of quaternary nitrogens is 1. The first-order chi connectivity index (χ1) is 24.0. The molecule has 11 nitrogen and oxygen atoms in total. The van der Waals surface area contributed by atoms with Crippen LogP contribution in [0.25, 0.3) is 22.3 Å². The highest BCUT2D eigenvalue weighted by molar-refractivity contribution is 15.0. The van der Waals surface area contributed by atoms with Gasteiger partial charge in [-0.3, -0.25) is 4.79 Å². The Morgan fingerprint density at radius 1 is 0.902 bits per heavy atom. The molecule has 0 radical (unpaired) electrons. The molecule has 0 aliphatic carbocycles. The molecule has 4 aromatic rings. The second-order valence-electron chi connectivity index (χ2n) is 12.5. The number of piperidine rings is 2. The number of phenols is 2. The molecule has 5 N–H and O–H groups in total. The Bertz CT molecular complexity index is 1800. The summed E-state index contributed by atoms with van der Waals surface area (Å²) in [5.74, 6) is 1.38. The third kappa shape index (κ3) is 9.85. The van der Waals surface area contributed by atoms with Gasteiger partial charge in [-0.2, -0.15) is 0 Å². The number of methoxy groups -OCH3 is 3. The zero-order chi connectivity index (χ0) is 36.7. The molecule has 280 valence electrons. The van der Waals surface area contributed by atoms with Crippen LogP contribution < -0.4 is 24.5 Å². The third-order valence-corrected chi connectivity index (χ3v) is 9.65. The summed E-state index contributed by atoms with van der Waals surface area (Å²) in [6.45, 7) is 2.92. The van der Waals surface area contributed by atoms with E-state index in [0.717, 1.165) is 31.1 Å². The molecule has 1 aromatic heterocycles. The lowest BCUT2D eigenvalue weighted by Crippen LogP contribution is -3.11. The summed E-state index contributed by atoms with van der Waals surface area (Å²) in [5.41, 5.74) is 1.45. The van der Waals surface area contributed by atoms with Crippen LogP contribution in [0.1, 0.15) is 35.8 Å². The van der Waals surface area contributed by atoms with E-state index in [-0.39, 0.29) is 46.6 Å². The molecule has 0 spiro atoms. The zero-order valence-corrected chi connectivity index (χ0v) is 34.9. The van der Waals surface area contributed by atoms with Gasteiger partial charge in [0.1, 0.15) is 58.1 Å². The number of fused-ring (bicyclic) bond motifs is 1. The molecule has 5 unspecified atom stereocenters. The molecule has 3 aromatic carbocycles. The number of nitrogens with zero attached hydrogens (tertiary/aromatic N) is 1. The number of halogens is 4. The van der Waals surface area contributed by atoms with Crippen LogP contribution in [0.2, 0.25) is 5.02 Å². The number of hydrogen-bond acceptors (Lipinski definition) is 10. The van der Waals surface area contributed by atoms with E-state index in [1.807, 2.05) is 26.2 Å². The van der Waals surface area contributed by atoms with Crippen LogP contribution in [0.3, 0.4) is 0 Å². The lowest BCUT2D eigenvalue weighted by molar-refractivity contribution is -0.888. The van der Waals surface area contributed by atoms with Crippen molar-refractivity contribution in [3.05, 3.63) is 74.9 Å². The molecule has 6 rings (SSSR count). The molecule has 3 heterocycles. The smallest absolute Gasteiger partial charge is 0.197 e. The second-order valence-corrected chi connectivity index (χ2v) is 12.9. The number of hydrogen-bond donors (Lipinski definition) is 5. The van der Waals surface area contributed by atoms with E-state index in [2.05, 4.69) is 42.1 Å². The van der Waals surface area contributed by atoms with Crippen LogP contribution in [0, 0.1) is 0 Å². The maximum Gasteiger partial charge on any atom is 0.197 e. The summed E-state index contributed by atoms with van der Waals surface area (Å²) in [6, 6.07) is 13.0. The number of aliphatic hydroxyl groups excluding tert-OH is 2. The van der Waals surface area contributed by atoms with Crippen molar-refractivity contribution in [1.29, 1.82) is 0 Å². The molecule has 2 fully saturated rings. The number of rotatable bonds is 6. The fraction of sp³-hybridized carbons (Fsp3) is 0.417. The van der Waals surface area contributed by atoms with Crippen molar-refractivity contribution in [2.45, 2.75) is 36.9 Å². The number of likely N-dealkylation sites (N-methyl/N-ethyl adjacent to an activating group) is 2. The van der Waals surface area contributed by atoms with Gasteiger partial charge >= 0.3 is 0 Å². The van der Waals surface area contributed by atoms with Crippen LogP contribution in [0.5, 0.6) is 28.7 Å². The standard InChI is InChI=1S/C21H20ClNO5.C15H23NO4.ClH.I2/c1-23-7-6-12(17(27)10-23)19-14(24)8-15(25)20-16(26)9-18(28-21(19)20)11-4-2-3-5-13(11)22;1-16-6-5-11(12(17)9-16)15-13(19-3)7-10(18-2)8-14(15)20-4;;1-2/h2-5,8-9,12,17,24-25,27H,6-7,10H2,1H3;7-8,11-12,17H,5-6,9H2,1-4H3;1H;/p+1. The van der Waals surface area contributed by atoms with E-state index in [4.69, 9.17) is 30.2 Å². The van der Waals surface area contributed by atoms with Crippen LogP contribution in [0.4, 0.5) is 0 Å². The lowest BCUT2D eigenvalue weighted by Gasteiger charge is -2.35. The van der Waals surface area contributed by atoms with Gasteiger partial charge in [0.15, 0.2) is 5.43 Å². The maximum absolute atomic E-state index is 12.8. The number of ether oxygens (including phenoxy) is 3. The van der Waals surface area contributed by atoms with E-state index in [1.165, 1.54) is 11.0 Å². The predicted molar refractivity (Wildman–Crippen MR) is 218 cm³/mol. The molecule has 0 saturated carbocycles. The number of nitrogens with one attached hydrogen (secondary N) is 1. The summed E-state index contributed by atoms with van der Waals surface area (Å²) in [4.78, 5) is 16.1. The second kappa shape index (κ2) is 19.7. The van der Waals surface area contributed by atoms with E-state index in [9.17, 15) is 25.2 Å². The van der Waals surface area contributed by atoms with Crippen LogP contribution >= 0.6 is 61.2 Å². The number of aromatic hydroxyl groups is 2. The van der Waals surface area contributed by atoms with Gasteiger partial charge in [0.25, 0.3) is 0 Å². The predicted octanol–water partition coefficient (Wildman–Crippen LogP) is 5.57. The normalized spacial score (nSPS) is 21.6. The first-order valence-corrected chi connectivity index (χ1v) is 22.7. The Labute approximate surface area is 332 Å². The van der Waals surface area contributed by atoms with Gasteiger partial charge in [-0.1, -0.05) is 23.7 Å². The largest absolute Gasteiger partial charge is 0.507 e. The topological polar surface area (TPSA) is 147 Å². The zero-order valence-electron chi connectivity index (χ0n) is 29.0. The minimum absolute atomic E-state index is 0. The molecule has 0 bridgehead atoms. The Morgan fingerprint density at radius 3 is 2.10 bits per heavy atom. The average molecular weight is 974 g/mol. The lowest BCUT2D eigenvalue weighted by atomic mass is 9.85. The molecule has 2 aliphatic rings. The molecule has 51 heavy (non-hydrogen) atoms. The summed E-state index contributed by atoms with van der Waals surface area (Å²) in [6.07, 6.45) is 0.351. The highest BCUT2D eigenvalue weighted by Crippen LogP contribution is 2.44. The van der Waals surface area contributed by atoms with Crippen molar-refractivity contribution in [3.63, 3.8) is 0 Å². The Kier molecular flexibility index (Phi) is 16.7. The fourth-order valence-electron chi connectivity index (χ4n) is 6.83. The average Bonchev–Trinajstić information content (AvgIpc) is 3.09. The maximum atomic E-state index is 12.8. The summed E-state index contributed by atoms with van der Waals surface area (Å²) >= 11 is 10.5. The fourth-order valence-corrected chi connectivity index (χ4v) is 7.06. The van der Waals surface area contributed by atoms with Gasteiger partial charge in [0.2, 0.25) is 0 Å². The molecule has 0 amide bonds. The SMILES string of the molecule is COc1cc(OC)c(C2CCN(C)CC2O)c(OC)c1.C[NH+]1CCC(c2c(O)cc(O)c3c(=O)cc(-c4ccccc4Cl)oc23)C(O)C1.Cl.II. The van der Waals surface area contributed by atoms with Gasteiger partial charge in [-0.15, -0.1) is 12.4 Å². The molecule has 2 aliphatic heterocycles. The Hall–Kier alpha value is -2.25. The van der Waals surface area contributed by atoms with E-state index in [1.54, 1.807) is 45.6 Å². The molecule has 15 heteroatoms. The number of aliphatic hydroxyl groups is 2. The van der Waals surface area contributed by atoms with E-state index in [0.29, 0.717) is 52.9 Å². The van der Waals surface area contributed by atoms with Crippen LogP contribution in [-0.4, -0.2) is 99.1 Å². The van der Waals surface area contributed by atoms with Gasteiger partial charge < -0.3 is 48.9 Å². The minimum Gasteiger partial charge on any atom is -0.507 e. The van der Waals surface area contributed by atoms with Crippen molar-refractivity contribution < 1.29 is 44.0 Å². The van der Waals surface area contributed by atoms with Gasteiger partial charge in [0.05, 0.1) is 46.0 Å². The monoisotopic (exact) mass is 973 g/mol. The minimum atomic E-state index is -0.707. The van der Waals surface area contributed by atoms with E-state index < -0.39 is 23.6 Å². The summed E-state index contributed by atoms with van der Waals surface area (Å²) < 4.78 is 22.2. The summed E-state index contributed by atoms with van der Waals surface area (Å²) in [7, 11) is 8.86. The van der Waals surface area contributed by atoms with Crippen LogP contribution in [-0.2, 0) is 0 Å². The van der Waals surface area contributed by atoms with Crippen molar-refractivity contribution >= 4 is 72.2 Å². The van der Waals surface area contributed by atoms with Gasteiger partial charge in [0, 0.05) is 103 Å². The van der Waals surface area contributed by atoms with Crippen LogP contribution in [0.15, 0.2) is 57.7 Å². The van der Waals surface area contributed by atoms with Crippen molar-refractivity contribution in [2.75, 3.05) is 61.6 Å². The van der Waals surface area contributed by atoms with Gasteiger partial charge in [-0.05, 0) is 32.1 Å². The highest BCUT2D eigenvalue weighted by atomic mass is 128. The van der Waals surface area contributed by atoms with Crippen molar-refractivity contribution in [3.8, 4) is 40.1 Å². The highest BCUT2D eigenvalue weighted by Gasteiger charge is 2.35. The quantitative estimate of drug-likeness (QED) is 0.156. The van der Waals surface area contributed by atoms with Crippen molar-refractivity contribution in [2.24, 2.45) is 0 Å². The Balaban J connectivity index is 0.000000271. The van der Waals surface area contributed by atoms with Gasteiger partial charge in [-0.25, -0.2) is 0 Å². The first-order valence-electron chi connectivity index (χ1n) is 16.0. The molecule has 5 atom stereocenters. The first kappa shape index (κ1) is 43.2. The van der Waals surface area contributed by atoms with Crippen molar-refractivity contribution in [1.82, 2.24) is 4.90 Å². The number of benzene rings is 3. The number of phenolic OH excluding ortho intramolecular Hbond substituents is 2. The summed E-state index contributed by atoms with van der Waals surface area (Å²) in [5, 5.41) is 42.2. The number of likely N-dealkylation sites (tertiary alicyclic amines) is 2. The third-order valence-electron chi connectivity index (χ3n) is 9.32. The molecular weight excluding hydrogens is 929 g/mol.